The number of fused-ring (bicyclic) bond motifs is 1. The van der Waals surface area contributed by atoms with E-state index in [1.165, 1.54) is 0 Å². The molecular formula is C14H17N3O3. The van der Waals surface area contributed by atoms with Gasteiger partial charge < -0.3 is 20.4 Å². The fraction of sp³-hybridized carbons (Fsp3) is 0.286. The monoisotopic (exact) mass is 275 g/mol. The quantitative estimate of drug-likeness (QED) is 0.759. The smallest absolute Gasteiger partial charge is 0.328 e. The number of carboxylic acids is 1. The van der Waals surface area contributed by atoms with Crippen LogP contribution in [0.25, 0.3) is 10.8 Å². The number of carbonyl (C=O) groups is 1. The van der Waals surface area contributed by atoms with Crippen molar-refractivity contribution in [1.29, 1.82) is 0 Å². The Hall–Kier alpha value is -2.34. The second kappa shape index (κ2) is 5.75. The average Bonchev–Trinajstić information content (AvgIpc) is 2.43. The van der Waals surface area contributed by atoms with Crippen LogP contribution in [-0.2, 0) is 4.79 Å². The van der Waals surface area contributed by atoms with E-state index in [2.05, 4.69) is 10.3 Å². The Kier molecular flexibility index (Phi) is 4.05. The van der Waals surface area contributed by atoms with Crippen LogP contribution in [0.5, 0.6) is 0 Å². The summed E-state index contributed by atoms with van der Waals surface area (Å²) in [5, 5.41) is 22.6. The van der Waals surface area contributed by atoms with Crippen molar-refractivity contribution in [3.63, 3.8) is 0 Å². The van der Waals surface area contributed by atoms with Crippen LogP contribution in [0, 0.1) is 0 Å². The first-order chi connectivity index (χ1) is 9.52. The molecule has 6 heteroatoms. The molecule has 0 amide bonds. The molecule has 2 aromatic rings. The van der Waals surface area contributed by atoms with Crippen molar-refractivity contribution in [3.8, 4) is 0 Å². The summed E-state index contributed by atoms with van der Waals surface area (Å²) in [6, 6.07) is 6.64. The second-order valence-electron chi connectivity index (χ2n) is 4.68. The first-order valence-electron chi connectivity index (χ1n) is 6.19. The van der Waals surface area contributed by atoms with Gasteiger partial charge in [-0.25, -0.2) is 9.78 Å². The van der Waals surface area contributed by atoms with E-state index in [1.807, 2.05) is 43.3 Å². The molecule has 0 bridgehead atoms. The summed E-state index contributed by atoms with van der Waals surface area (Å²) in [5.41, 5.74) is 0.990. The maximum Gasteiger partial charge on any atom is 0.328 e. The summed E-state index contributed by atoms with van der Waals surface area (Å²) in [6.45, 7) is -0.499. The summed E-state index contributed by atoms with van der Waals surface area (Å²) in [5.74, 6) is -0.664. The average molecular weight is 275 g/mol. The molecule has 1 unspecified atom stereocenters. The molecule has 20 heavy (non-hydrogen) atoms. The zero-order valence-electron chi connectivity index (χ0n) is 11.4. The lowest BCUT2D eigenvalue weighted by molar-refractivity contribution is -0.138. The predicted molar refractivity (Wildman–Crippen MR) is 78.2 cm³/mol. The summed E-state index contributed by atoms with van der Waals surface area (Å²) in [6.07, 6.45) is 1.61. The molecule has 1 aromatic heterocycles. The normalized spacial score (nSPS) is 12.2. The van der Waals surface area contributed by atoms with Gasteiger partial charge >= 0.3 is 5.97 Å². The number of carboxylic acid groups (broad SMARTS) is 1. The van der Waals surface area contributed by atoms with Crippen molar-refractivity contribution in [2.24, 2.45) is 0 Å². The van der Waals surface area contributed by atoms with Crippen LogP contribution in [0.2, 0.25) is 0 Å². The molecular weight excluding hydrogens is 258 g/mol. The molecule has 0 radical (unpaired) electrons. The van der Waals surface area contributed by atoms with Gasteiger partial charge in [-0.2, -0.15) is 0 Å². The Morgan fingerprint density at radius 1 is 1.40 bits per heavy atom. The van der Waals surface area contributed by atoms with Gasteiger partial charge in [0.15, 0.2) is 0 Å². The molecule has 0 aliphatic carbocycles. The summed E-state index contributed by atoms with van der Waals surface area (Å²) in [4.78, 5) is 17.1. The van der Waals surface area contributed by atoms with Crippen molar-refractivity contribution in [1.82, 2.24) is 4.98 Å². The van der Waals surface area contributed by atoms with Crippen LogP contribution in [0.15, 0.2) is 30.5 Å². The highest BCUT2D eigenvalue weighted by Crippen LogP contribution is 2.26. The molecule has 0 aliphatic heterocycles. The lowest BCUT2D eigenvalue weighted by Gasteiger charge is -2.16. The highest BCUT2D eigenvalue weighted by molar-refractivity contribution is 5.95. The minimum atomic E-state index is -1.12. The number of anilines is 2. The zero-order chi connectivity index (χ0) is 14.7. The van der Waals surface area contributed by atoms with E-state index in [9.17, 15) is 4.79 Å². The Morgan fingerprint density at radius 3 is 2.75 bits per heavy atom. The van der Waals surface area contributed by atoms with Gasteiger partial charge in [0.25, 0.3) is 0 Å². The molecule has 2 rings (SSSR count). The Bertz CT molecular complexity index is 628. The van der Waals surface area contributed by atoms with Crippen molar-refractivity contribution >= 4 is 28.2 Å². The van der Waals surface area contributed by atoms with E-state index >= 15 is 0 Å². The van der Waals surface area contributed by atoms with E-state index in [0.717, 1.165) is 16.5 Å². The molecule has 1 aromatic carbocycles. The minimum Gasteiger partial charge on any atom is -0.480 e. The van der Waals surface area contributed by atoms with Crippen LogP contribution in [0.4, 0.5) is 11.5 Å². The topological polar surface area (TPSA) is 85.7 Å². The standard InChI is InChI=1S/C14H17N3O3/c1-17(2)10-4-3-9-5-6-15-13(11(9)7-10)16-12(8-18)14(19)20/h3-7,12,18H,8H2,1-2H3,(H,15,16)(H,19,20). The third-order valence-corrected chi connectivity index (χ3v) is 3.06. The van der Waals surface area contributed by atoms with E-state index in [0.29, 0.717) is 5.82 Å². The highest BCUT2D eigenvalue weighted by atomic mass is 16.4. The van der Waals surface area contributed by atoms with Gasteiger partial charge in [-0.05, 0) is 23.6 Å². The van der Waals surface area contributed by atoms with Crippen LogP contribution in [0.1, 0.15) is 0 Å². The van der Waals surface area contributed by atoms with Crippen LogP contribution >= 0.6 is 0 Å². The Labute approximate surface area is 116 Å². The van der Waals surface area contributed by atoms with Crippen LogP contribution < -0.4 is 10.2 Å². The molecule has 1 atom stereocenters. The van der Waals surface area contributed by atoms with E-state index < -0.39 is 18.6 Å². The largest absolute Gasteiger partial charge is 0.480 e. The first kappa shape index (κ1) is 14.1. The van der Waals surface area contributed by atoms with E-state index in [4.69, 9.17) is 10.2 Å². The maximum atomic E-state index is 11.0. The van der Waals surface area contributed by atoms with Gasteiger partial charge in [-0.15, -0.1) is 0 Å². The van der Waals surface area contributed by atoms with Gasteiger partial charge in [-0.3, -0.25) is 0 Å². The summed E-state index contributed by atoms with van der Waals surface area (Å²) >= 11 is 0. The highest BCUT2D eigenvalue weighted by Gasteiger charge is 2.17. The second-order valence-corrected chi connectivity index (χ2v) is 4.68. The predicted octanol–water partition coefficient (Wildman–Crippen LogP) is 1.16. The molecule has 0 saturated heterocycles. The summed E-state index contributed by atoms with van der Waals surface area (Å²) in [7, 11) is 3.86. The van der Waals surface area contributed by atoms with Gasteiger partial charge in [0.05, 0.1) is 6.61 Å². The molecule has 3 N–H and O–H groups in total. The lowest BCUT2D eigenvalue weighted by atomic mass is 10.1. The van der Waals surface area contributed by atoms with Gasteiger partial charge in [0.2, 0.25) is 0 Å². The Morgan fingerprint density at radius 2 is 2.15 bits per heavy atom. The number of hydrogen-bond acceptors (Lipinski definition) is 5. The molecule has 0 fully saturated rings. The van der Waals surface area contributed by atoms with Gasteiger partial charge in [0, 0.05) is 31.4 Å². The molecule has 0 aliphatic rings. The van der Waals surface area contributed by atoms with Gasteiger partial charge in [-0.1, -0.05) is 6.07 Å². The van der Waals surface area contributed by atoms with Crippen molar-refractivity contribution < 1.29 is 15.0 Å². The molecule has 6 nitrogen and oxygen atoms in total. The number of aromatic nitrogens is 1. The fourth-order valence-corrected chi connectivity index (χ4v) is 1.90. The number of aliphatic carboxylic acids is 1. The molecule has 106 valence electrons. The molecule has 0 saturated carbocycles. The number of rotatable bonds is 5. The summed E-state index contributed by atoms with van der Waals surface area (Å²) < 4.78 is 0. The fourth-order valence-electron chi connectivity index (χ4n) is 1.90. The number of pyridine rings is 1. The van der Waals surface area contributed by atoms with Crippen molar-refractivity contribution in [3.05, 3.63) is 30.5 Å². The van der Waals surface area contributed by atoms with Crippen molar-refractivity contribution in [2.45, 2.75) is 6.04 Å². The Balaban J connectivity index is 2.46. The third kappa shape index (κ3) is 2.80. The number of nitrogens with one attached hydrogen (secondary N) is 1. The number of nitrogens with zero attached hydrogens (tertiary/aromatic N) is 2. The third-order valence-electron chi connectivity index (χ3n) is 3.06. The first-order valence-corrected chi connectivity index (χ1v) is 6.19. The van der Waals surface area contributed by atoms with Gasteiger partial charge in [0.1, 0.15) is 11.9 Å². The number of aliphatic hydroxyl groups excluding tert-OH is 1. The number of benzene rings is 1. The molecule has 1 heterocycles. The maximum absolute atomic E-state index is 11.0. The van der Waals surface area contributed by atoms with E-state index in [1.54, 1.807) is 6.20 Å². The number of aliphatic hydroxyl groups is 1. The van der Waals surface area contributed by atoms with Crippen LogP contribution in [0.3, 0.4) is 0 Å². The van der Waals surface area contributed by atoms with E-state index in [-0.39, 0.29) is 0 Å². The molecule has 0 spiro atoms. The van der Waals surface area contributed by atoms with Crippen LogP contribution in [-0.4, -0.2) is 47.9 Å². The minimum absolute atomic E-state index is 0.452. The lowest BCUT2D eigenvalue weighted by Crippen LogP contribution is -2.33. The van der Waals surface area contributed by atoms with Crippen molar-refractivity contribution in [2.75, 3.05) is 30.9 Å². The number of hydrogen-bond donors (Lipinski definition) is 3. The SMILES string of the molecule is CN(C)c1ccc2ccnc(NC(CO)C(=O)O)c2c1. The zero-order valence-corrected chi connectivity index (χ0v) is 11.4.